The summed E-state index contributed by atoms with van der Waals surface area (Å²) in [6.45, 7) is 3.79. The summed E-state index contributed by atoms with van der Waals surface area (Å²) in [5.74, 6) is 0.991. The summed E-state index contributed by atoms with van der Waals surface area (Å²) in [6, 6.07) is 7.86. The molecule has 1 heterocycles. The Balaban J connectivity index is 1.80. The smallest absolute Gasteiger partial charge is 0.222 e. The Hall–Kier alpha value is -1.55. The van der Waals surface area contributed by atoms with Gasteiger partial charge in [-0.1, -0.05) is 12.1 Å². The van der Waals surface area contributed by atoms with Gasteiger partial charge in [-0.3, -0.25) is 4.79 Å². The molecular weight excluding hydrogens is 242 g/mol. The first-order valence-corrected chi connectivity index (χ1v) is 6.86. The quantitative estimate of drug-likeness (QED) is 0.878. The van der Waals surface area contributed by atoms with Crippen molar-refractivity contribution in [2.75, 3.05) is 19.7 Å². The van der Waals surface area contributed by atoms with E-state index in [1.807, 2.05) is 31.2 Å². The molecular formula is C15H21NO3. The van der Waals surface area contributed by atoms with E-state index in [0.717, 1.165) is 17.7 Å². The molecule has 1 aliphatic rings. The molecule has 1 aliphatic heterocycles. The molecule has 19 heavy (non-hydrogen) atoms. The minimum atomic E-state index is -0.338. The SMILES string of the molecule is CCOc1ccc(CCC(=O)N2CCC(O)C2)cc1. The first kappa shape index (κ1) is 13.9. The number of hydrogen-bond acceptors (Lipinski definition) is 3. The zero-order valence-electron chi connectivity index (χ0n) is 11.3. The highest BCUT2D eigenvalue weighted by Gasteiger charge is 2.23. The number of amides is 1. The van der Waals surface area contributed by atoms with E-state index < -0.39 is 0 Å². The number of hydrogen-bond donors (Lipinski definition) is 1. The van der Waals surface area contributed by atoms with E-state index in [4.69, 9.17) is 4.74 Å². The van der Waals surface area contributed by atoms with E-state index in [-0.39, 0.29) is 12.0 Å². The van der Waals surface area contributed by atoms with Gasteiger partial charge < -0.3 is 14.7 Å². The standard InChI is InChI=1S/C15H21NO3/c1-2-19-14-6-3-12(4-7-14)5-8-15(18)16-10-9-13(17)11-16/h3-4,6-7,13,17H,2,5,8-11H2,1H3. The Bertz CT molecular complexity index is 416. The number of rotatable bonds is 5. The van der Waals surface area contributed by atoms with Crippen LogP contribution in [0.1, 0.15) is 25.3 Å². The minimum absolute atomic E-state index is 0.130. The molecule has 0 saturated carbocycles. The molecule has 104 valence electrons. The Morgan fingerprint density at radius 1 is 1.42 bits per heavy atom. The van der Waals surface area contributed by atoms with E-state index in [0.29, 0.717) is 32.5 Å². The van der Waals surface area contributed by atoms with Gasteiger partial charge in [0.05, 0.1) is 12.7 Å². The number of carbonyl (C=O) groups excluding carboxylic acids is 1. The Morgan fingerprint density at radius 3 is 2.74 bits per heavy atom. The summed E-state index contributed by atoms with van der Waals surface area (Å²) in [4.78, 5) is 13.7. The van der Waals surface area contributed by atoms with Crippen LogP contribution < -0.4 is 4.74 Å². The van der Waals surface area contributed by atoms with Gasteiger partial charge in [0.15, 0.2) is 0 Å². The fraction of sp³-hybridized carbons (Fsp3) is 0.533. The van der Waals surface area contributed by atoms with E-state index in [2.05, 4.69) is 0 Å². The fourth-order valence-electron chi connectivity index (χ4n) is 2.30. The summed E-state index contributed by atoms with van der Waals surface area (Å²) in [5.41, 5.74) is 1.14. The van der Waals surface area contributed by atoms with E-state index >= 15 is 0 Å². The average Bonchev–Trinajstić information content (AvgIpc) is 2.85. The molecule has 1 aromatic carbocycles. The lowest BCUT2D eigenvalue weighted by molar-refractivity contribution is -0.130. The highest BCUT2D eigenvalue weighted by molar-refractivity contribution is 5.76. The van der Waals surface area contributed by atoms with Gasteiger partial charge in [0.25, 0.3) is 0 Å². The molecule has 4 nitrogen and oxygen atoms in total. The van der Waals surface area contributed by atoms with Gasteiger partial charge in [0.2, 0.25) is 5.91 Å². The number of aliphatic hydroxyl groups is 1. The van der Waals surface area contributed by atoms with Crippen LogP contribution in [-0.2, 0) is 11.2 Å². The second-order valence-corrected chi connectivity index (χ2v) is 4.86. The zero-order valence-corrected chi connectivity index (χ0v) is 11.3. The first-order valence-electron chi connectivity index (χ1n) is 6.86. The molecule has 0 aromatic heterocycles. The number of carbonyl (C=O) groups is 1. The van der Waals surface area contributed by atoms with Crippen LogP contribution in [0.5, 0.6) is 5.75 Å². The van der Waals surface area contributed by atoms with Gasteiger partial charge in [0, 0.05) is 19.5 Å². The van der Waals surface area contributed by atoms with Crippen LogP contribution >= 0.6 is 0 Å². The van der Waals surface area contributed by atoms with E-state index in [1.165, 1.54) is 0 Å². The Kier molecular flexibility index (Phi) is 4.80. The molecule has 0 radical (unpaired) electrons. The number of aliphatic hydroxyl groups excluding tert-OH is 1. The minimum Gasteiger partial charge on any atom is -0.494 e. The van der Waals surface area contributed by atoms with Gasteiger partial charge in [0.1, 0.15) is 5.75 Å². The van der Waals surface area contributed by atoms with Crippen LogP contribution in [-0.4, -0.2) is 41.7 Å². The average molecular weight is 263 g/mol. The second-order valence-electron chi connectivity index (χ2n) is 4.86. The van der Waals surface area contributed by atoms with Crippen molar-refractivity contribution in [3.63, 3.8) is 0 Å². The summed E-state index contributed by atoms with van der Waals surface area (Å²) in [7, 11) is 0. The monoisotopic (exact) mass is 263 g/mol. The normalized spacial score (nSPS) is 18.6. The third-order valence-electron chi connectivity index (χ3n) is 3.38. The van der Waals surface area contributed by atoms with E-state index in [1.54, 1.807) is 4.90 Å². The number of aryl methyl sites for hydroxylation is 1. The summed E-state index contributed by atoms with van der Waals surface area (Å²) >= 11 is 0. The second kappa shape index (κ2) is 6.57. The van der Waals surface area contributed by atoms with Crippen LogP contribution in [0.3, 0.4) is 0 Å². The van der Waals surface area contributed by atoms with Crippen molar-refractivity contribution in [3.8, 4) is 5.75 Å². The molecule has 4 heteroatoms. The van der Waals surface area contributed by atoms with Gasteiger partial charge in [-0.15, -0.1) is 0 Å². The fourth-order valence-corrected chi connectivity index (χ4v) is 2.30. The van der Waals surface area contributed by atoms with Gasteiger partial charge in [-0.05, 0) is 37.5 Å². The van der Waals surface area contributed by atoms with E-state index in [9.17, 15) is 9.90 Å². The molecule has 0 spiro atoms. The van der Waals surface area contributed by atoms with Crippen molar-refractivity contribution in [1.29, 1.82) is 0 Å². The zero-order chi connectivity index (χ0) is 13.7. The topological polar surface area (TPSA) is 49.8 Å². The van der Waals surface area contributed by atoms with Crippen molar-refractivity contribution >= 4 is 5.91 Å². The third kappa shape index (κ3) is 3.96. The van der Waals surface area contributed by atoms with Crippen LogP contribution in [0.2, 0.25) is 0 Å². The maximum absolute atomic E-state index is 11.9. The molecule has 1 aromatic rings. The van der Waals surface area contributed by atoms with Crippen molar-refractivity contribution in [2.24, 2.45) is 0 Å². The summed E-state index contributed by atoms with van der Waals surface area (Å²) in [5, 5.41) is 9.41. The number of β-amino-alcohol motifs (C(OH)–C–C–N with tert-alkyl or cyclic N) is 1. The third-order valence-corrected chi connectivity index (χ3v) is 3.38. The lowest BCUT2D eigenvalue weighted by Gasteiger charge is -2.15. The molecule has 0 bridgehead atoms. The number of benzene rings is 1. The lowest BCUT2D eigenvalue weighted by Crippen LogP contribution is -2.29. The summed E-state index contributed by atoms with van der Waals surface area (Å²) in [6.07, 6.45) is 1.60. The molecule has 1 atom stereocenters. The van der Waals surface area contributed by atoms with Gasteiger partial charge >= 0.3 is 0 Å². The van der Waals surface area contributed by atoms with Crippen LogP contribution in [0.15, 0.2) is 24.3 Å². The molecule has 1 unspecified atom stereocenters. The van der Waals surface area contributed by atoms with Crippen molar-refractivity contribution in [3.05, 3.63) is 29.8 Å². The number of nitrogens with zero attached hydrogens (tertiary/aromatic N) is 1. The Morgan fingerprint density at radius 2 is 2.16 bits per heavy atom. The Labute approximate surface area is 114 Å². The highest BCUT2D eigenvalue weighted by atomic mass is 16.5. The van der Waals surface area contributed by atoms with Crippen LogP contribution in [0.4, 0.5) is 0 Å². The molecule has 1 amide bonds. The predicted octanol–water partition coefficient (Wildman–Crippen LogP) is 1.61. The summed E-state index contributed by atoms with van der Waals surface area (Å²) < 4.78 is 5.38. The number of ether oxygens (including phenoxy) is 1. The van der Waals surface area contributed by atoms with Crippen LogP contribution in [0, 0.1) is 0 Å². The van der Waals surface area contributed by atoms with Gasteiger partial charge in [-0.25, -0.2) is 0 Å². The largest absolute Gasteiger partial charge is 0.494 e. The van der Waals surface area contributed by atoms with Gasteiger partial charge in [-0.2, -0.15) is 0 Å². The molecule has 1 N–H and O–H groups in total. The lowest BCUT2D eigenvalue weighted by atomic mass is 10.1. The maximum Gasteiger partial charge on any atom is 0.222 e. The first-order chi connectivity index (χ1) is 9.19. The van der Waals surface area contributed by atoms with Crippen LogP contribution in [0.25, 0.3) is 0 Å². The highest BCUT2D eigenvalue weighted by Crippen LogP contribution is 2.15. The van der Waals surface area contributed by atoms with Crippen molar-refractivity contribution in [1.82, 2.24) is 4.90 Å². The van der Waals surface area contributed by atoms with Crippen molar-refractivity contribution < 1.29 is 14.6 Å². The predicted molar refractivity (Wildman–Crippen MR) is 73.1 cm³/mol. The molecule has 0 aliphatic carbocycles. The maximum atomic E-state index is 11.9. The molecule has 1 fully saturated rings. The molecule has 1 saturated heterocycles. The van der Waals surface area contributed by atoms with Crippen molar-refractivity contribution in [2.45, 2.75) is 32.3 Å². The molecule has 2 rings (SSSR count). The number of likely N-dealkylation sites (tertiary alicyclic amines) is 1.